The molecule has 5 aliphatic rings. The van der Waals surface area contributed by atoms with Gasteiger partial charge < -0.3 is 10.0 Å². The van der Waals surface area contributed by atoms with Crippen LogP contribution in [0.1, 0.15) is 44.1 Å². The van der Waals surface area contributed by atoms with Gasteiger partial charge in [-0.3, -0.25) is 4.90 Å². The van der Waals surface area contributed by atoms with Crippen LogP contribution in [0.3, 0.4) is 0 Å². The van der Waals surface area contributed by atoms with Gasteiger partial charge in [0.15, 0.2) is 0 Å². The molecule has 0 radical (unpaired) electrons. The molecule has 1 heterocycles. The Morgan fingerprint density at radius 2 is 1.92 bits per heavy atom. The number of rotatable bonds is 1. The molecule has 1 aliphatic heterocycles. The first kappa shape index (κ1) is 15.7. The van der Waals surface area contributed by atoms with E-state index >= 15 is 0 Å². The molecule has 0 saturated heterocycles. The normalized spacial score (nSPS) is 38.6. The molecule has 1 aromatic rings. The Morgan fingerprint density at radius 1 is 1.20 bits per heavy atom. The molecule has 4 heteroatoms. The van der Waals surface area contributed by atoms with Gasteiger partial charge in [0.05, 0.1) is 5.60 Å². The van der Waals surface area contributed by atoms with Gasteiger partial charge in [-0.25, -0.2) is 4.79 Å². The number of hydrogen-bond donors (Lipinski definition) is 1. The molecule has 4 bridgehead atoms. The van der Waals surface area contributed by atoms with Crippen molar-refractivity contribution in [1.82, 2.24) is 4.90 Å². The fourth-order valence-electron chi connectivity index (χ4n) is 6.64. The monoisotopic (exact) mass is 340 g/mol. The first-order valence-corrected chi connectivity index (χ1v) is 9.89. The third-order valence-corrected chi connectivity index (χ3v) is 7.28. The molecule has 6 rings (SSSR count). The summed E-state index contributed by atoms with van der Waals surface area (Å²) in [6.45, 7) is 0.814. The van der Waals surface area contributed by atoms with Crippen molar-refractivity contribution in [3.8, 4) is 0 Å². The number of carbonyl (C=O) groups is 1. The first-order valence-electron chi connectivity index (χ1n) is 9.89. The standard InChI is InChI=1S/C21H28N2O2/c1-22(19-16-9-14-10-17(19)13-21(25,11-14)12-16)20(24)23-8-4-6-15-5-2-3-7-18(15)23/h2-3,5,7,14,16-17,19,25H,4,6,8-13H2,1H3. The molecule has 1 N–H and O–H groups in total. The zero-order chi connectivity index (χ0) is 17.2. The second kappa shape index (κ2) is 5.47. The van der Waals surface area contributed by atoms with Crippen LogP contribution in [-0.4, -0.2) is 41.3 Å². The SMILES string of the molecule is CN(C(=O)N1CCCc2ccccc21)C1C2CC3CC1CC(O)(C3)C2. The summed E-state index contributed by atoms with van der Waals surface area (Å²) >= 11 is 0. The third kappa shape index (κ3) is 2.41. The molecule has 4 fully saturated rings. The van der Waals surface area contributed by atoms with E-state index in [1.165, 1.54) is 18.4 Å². The predicted molar refractivity (Wildman–Crippen MR) is 97.6 cm³/mol. The first-order chi connectivity index (χ1) is 12.0. The summed E-state index contributed by atoms with van der Waals surface area (Å²) in [5.74, 6) is 1.63. The van der Waals surface area contributed by atoms with Crippen LogP contribution in [0.4, 0.5) is 10.5 Å². The van der Waals surface area contributed by atoms with E-state index in [9.17, 15) is 9.90 Å². The third-order valence-electron chi connectivity index (χ3n) is 7.28. The highest BCUT2D eigenvalue weighted by Crippen LogP contribution is 2.56. The van der Waals surface area contributed by atoms with Crippen molar-refractivity contribution in [3.05, 3.63) is 29.8 Å². The van der Waals surface area contributed by atoms with E-state index in [1.807, 2.05) is 22.9 Å². The van der Waals surface area contributed by atoms with Crippen LogP contribution in [0.5, 0.6) is 0 Å². The number of urea groups is 1. The summed E-state index contributed by atoms with van der Waals surface area (Å²) in [7, 11) is 2.00. The molecule has 1 aromatic carbocycles. The summed E-state index contributed by atoms with van der Waals surface area (Å²) in [5, 5.41) is 10.8. The van der Waals surface area contributed by atoms with Crippen molar-refractivity contribution in [1.29, 1.82) is 0 Å². The summed E-state index contributed by atoms with van der Waals surface area (Å²) < 4.78 is 0. The van der Waals surface area contributed by atoms with Crippen LogP contribution in [0.2, 0.25) is 0 Å². The lowest BCUT2D eigenvalue weighted by Gasteiger charge is -2.60. The smallest absolute Gasteiger partial charge is 0.324 e. The summed E-state index contributed by atoms with van der Waals surface area (Å²) in [6, 6.07) is 8.78. The second-order valence-electron chi connectivity index (χ2n) is 8.96. The maximum Gasteiger partial charge on any atom is 0.324 e. The summed E-state index contributed by atoms with van der Waals surface area (Å²) in [5.41, 5.74) is 1.94. The van der Waals surface area contributed by atoms with Crippen LogP contribution in [0.15, 0.2) is 24.3 Å². The summed E-state index contributed by atoms with van der Waals surface area (Å²) in [6.07, 6.45) is 7.25. The van der Waals surface area contributed by atoms with Crippen molar-refractivity contribution in [2.75, 3.05) is 18.5 Å². The Labute approximate surface area is 149 Å². The van der Waals surface area contributed by atoms with E-state index in [2.05, 4.69) is 18.2 Å². The minimum Gasteiger partial charge on any atom is -0.390 e. The van der Waals surface area contributed by atoms with Crippen LogP contribution < -0.4 is 4.90 Å². The molecular formula is C21H28N2O2. The van der Waals surface area contributed by atoms with Gasteiger partial charge in [0.1, 0.15) is 0 Å². The highest BCUT2D eigenvalue weighted by molar-refractivity contribution is 5.93. The van der Waals surface area contributed by atoms with Gasteiger partial charge in [0.2, 0.25) is 0 Å². The quantitative estimate of drug-likeness (QED) is 0.851. The molecule has 0 spiro atoms. The molecule has 4 nitrogen and oxygen atoms in total. The molecule has 2 unspecified atom stereocenters. The van der Waals surface area contributed by atoms with Gasteiger partial charge in [-0.05, 0) is 74.3 Å². The number of fused-ring (bicyclic) bond motifs is 1. The van der Waals surface area contributed by atoms with Crippen molar-refractivity contribution in [2.24, 2.45) is 17.8 Å². The zero-order valence-corrected chi connectivity index (χ0v) is 15.0. The second-order valence-corrected chi connectivity index (χ2v) is 8.96. The molecule has 4 saturated carbocycles. The van der Waals surface area contributed by atoms with Crippen molar-refractivity contribution < 1.29 is 9.90 Å². The van der Waals surface area contributed by atoms with Crippen molar-refractivity contribution in [3.63, 3.8) is 0 Å². The Balaban J connectivity index is 1.40. The Morgan fingerprint density at radius 3 is 2.64 bits per heavy atom. The zero-order valence-electron chi connectivity index (χ0n) is 15.0. The highest BCUT2D eigenvalue weighted by atomic mass is 16.3. The number of aryl methyl sites for hydroxylation is 1. The number of carbonyl (C=O) groups excluding carboxylic acids is 1. The molecule has 0 aromatic heterocycles. The number of anilines is 1. The number of amides is 2. The van der Waals surface area contributed by atoms with E-state index in [0.717, 1.165) is 44.3 Å². The number of nitrogens with zero attached hydrogens (tertiary/aromatic N) is 2. The Hall–Kier alpha value is -1.55. The van der Waals surface area contributed by atoms with Gasteiger partial charge in [0.25, 0.3) is 0 Å². The minimum absolute atomic E-state index is 0.150. The molecule has 2 amide bonds. The van der Waals surface area contributed by atoms with Crippen LogP contribution in [-0.2, 0) is 6.42 Å². The number of hydrogen-bond acceptors (Lipinski definition) is 2. The molecular weight excluding hydrogens is 312 g/mol. The molecule has 4 aliphatic carbocycles. The molecule has 2 atom stereocenters. The maximum atomic E-state index is 13.4. The average molecular weight is 340 g/mol. The lowest BCUT2D eigenvalue weighted by molar-refractivity contribution is -0.151. The predicted octanol–water partition coefficient (Wildman–Crippen LogP) is 3.43. The van der Waals surface area contributed by atoms with E-state index in [0.29, 0.717) is 23.8 Å². The summed E-state index contributed by atoms with van der Waals surface area (Å²) in [4.78, 5) is 17.4. The van der Waals surface area contributed by atoms with Crippen LogP contribution >= 0.6 is 0 Å². The number of para-hydroxylation sites is 1. The molecule has 134 valence electrons. The largest absolute Gasteiger partial charge is 0.390 e. The lowest BCUT2D eigenvalue weighted by atomic mass is 9.52. The number of benzene rings is 1. The van der Waals surface area contributed by atoms with Gasteiger partial charge in [-0.15, -0.1) is 0 Å². The Kier molecular flexibility index (Phi) is 3.43. The topological polar surface area (TPSA) is 43.8 Å². The van der Waals surface area contributed by atoms with E-state index < -0.39 is 5.60 Å². The van der Waals surface area contributed by atoms with Gasteiger partial charge in [-0.1, -0.05) is 18.2 Å². The highest BCUT2D eigenvalue weighted by Gasteiger charge is 2.56. The number of aliphatic hydroxyl groups is 1. The fraction of sp³-hybridized carbons (Fsp3) is 0.667. The van der Waals surface area contributed by atoms with E-state index in [4.69, 9.17) is 0 Å². The van der Waals surface area contributed by atoms with E-state index in [1.54, 1.807) is 0 Å². The van der Waals surface area contributed by atoms with Gasteiger partial charge in [0, 0.05) is 25.3 Å². The van der Waals surface area contributed by atoms with Gasteiger partial charge in [-0.2, -0.15) is 0 Å². The van der Waals surface area contributed by atoms with Crippen LogP contribution in [0.25, 0.3) is 0 Å². The van der Waals surface area contributed by atoms with Crippen LogP contribution in [0, 0.1) is 17.8 Å². The van der Waals surface area contributed by atoms with Crippen molar-refractivity contribution in [2.45, 2.75) is 56.6 Å². The lowest BCUT2D eigenvalue weighted by Crippen LogP contribution is -2.63. The average Bonchev–Trinajstić information content (AvgIpc) is 2.58. The maximum absolute atomic E-state index is 13.4. The van der Waals surface area contributed by atoms with E-state index in [-0.39, 0.29) is 6.03 Å². The molecule has 25 heavy (non-hydrogen) atoms. The fourth-order valence-corrected chi connectivity index (χ4v) is 6.64. The van der Waals surface area contributed by atoms with Gasteiger partial charge >= 0.3 is 6.03 Å². The minimum atomic E-state index is -0.436. The Bertz CT molecular complexity index is 687. The van der Waals surface area contributed by atoms with Crippen molar-refractivity contribution >= 4 is 11.7 Å².